The van der Waals surface area contributed by atoms with Crippen LogP contribution in [0.5, 0.6) is 0 Å². The summed E-state index contributed by atoms with van der Waals surface area (Å²) < 4.78 is 0. The van der Waals surface area contributed by atoms with Crippen molar-refractivity contribution in [2.45, 2.75) is 6.42 Å². The number of amides is 2. The van der Waals surface area contributed by atoms with Crippen LogP contribution in [-0.2, 0) is 11.2 Å². The fraction of sp³-hybridized carbons (Fsp3) is 0.0909. The minimum absolute atomic E-state index is 0.0328. The van der Waals surface area contributed by atoms with E-state index in [1.807, 2.05) is 0 Å². The average Bonchev–Trinajstić information content (AvgIpc) is 2.76. The second-order valence-electron chi connectivity index (χ2n) is 3.68. The monoisotopic (exact) mass is 278 g/mol. The van der Waals surface area contributed by atoms with Crippen molar-refractivity contribution in [2.75, 3.05) is 5.32 Å². The van der Waals surface area contributed by atoms with Crippen molar-refractivity contribution in [3.05, 3.63) is 45.3 Å². The van der Waals surface area contributed by atoms with E-state index in [1.165, 1.54) is 29.7 Å². The number of carbonyl (C=O) groups excluding carboxylic acids is 2. The first-order valence-electron chi connectivity index (χ1n) is 5.27. The molecule has 0 bridgehead atoms. The maximum atomic E-state index is 11.8. The van der Waals surface area contributed by atoms with Crippen molar-refractivity contribution >= 4 is 28.3 Å². The summed E-state index contributed by atoms with van der Waals surface area (Å²) in [6, 6.07) is 2.67. The second kappa shape index (κ2) is 5.44. The highest BCUT2D eigenvalue weighted by Crippen LogP contribution is 2.16. The van der Waals surface area contributed by atoms with Crippen molar-refractivity contribution in [3.63, 3.8) is 0 Å². The molecule has 0 unspecified atom stereocenters. The number of primary amides is 1. The molecule has 2 aromatic rings. The van der Waals surface area contributed by atoms with Crippen molar-refractivity contribution in [2.24, 2.45) is 5.73 Å². The molecule has 2 heterocycles. The highest BCUT2D eigenvalue weighted by Gasteiger charge is 2.10. The van der Waals surface area contributed by atoms with Crippen LogP contribution in [-0.4, -0.2) is 21.8 Å². The van der Waals surface area contributed by atoms with Crippen LogP contribution in [0.15, 0.2) is 28.5 Å². The molecule has 0 spiro atoms. The molecule has 98 valence electrons. The van der Waals surface area contributed by atoms with Gasteiger partial charge in [0.25, 0.3) is 5.91 Å². The number of nitrogens with one attached hydrogen (secondary N) is 2. The number of rotatable bonds is 4. The summed E-state index contributed by atoms with van der Waals surface area (Å²) in [4.78, 5) is 39.8. The van der Waals surface area contributed by atoms with Gasteiger partial charge in [0.2, 0.25) is 11.5 Å². The van der Waals surface area contributed by atoms with Crippen molar-refractivity contribution < 1.29 is 9.59 Å². The Balaban J connectivity index is 2.06. The number of nitrogens with zero attached hydrogens (tertiary/aromatic N) is 1. The van der Waals surface area contributed by atoms with Gasteiger partial charge in [0, 0.05) is 17.6 Å². The van der Waals surface area contributed by atoms with Crippen molar-refractivity contribution in [1.82, 2.24) is 9.97 Å². The van der Waals surface area contributed by atoms with E-state index in [4.69, 9.17) is 5.73 Å². The Bertz CT molecular complexity index is 656. The number of aromatic nitrogens is 2. The van der Waals surface area contributed by atoms with E-state index in [0.29, 0.717) is 16.4 Å². The van der Waals surface area contributed by atoms with Gasteiger partial charge in [-0.15, -0.1) is 11.3 Å². The third kappa shape index (κ3) is 3.49. The average molecular weight is 278 g/mol. The summed E-state index contributed by atoms with van der Waals surface area (Å²) in [5, 5.41) is 4.58. The molecule has 2 amide bonds. The van der Waals surface area contributed by atoms with Gasteiger partial charge in [0.05, 0.1) is 17.7 Å². The molecule has 2 rings (SSSR count). The lowest BCUT2D eigenvalue weighted by Crippen LogP contribution is -2.15. The van der Waals surface area contributed by atoms with E-state index in [-0.39, 0.29) is 12.0 Å². The van der Waals surface area contributed by atoms with Crippen LogP contribution in [0.4, 0.5) is 5.13 Å². The van der Waals surface area contributed by atoms with Gasteiger partial charge in [-0.1, -0.05) is 0 Å². The van der Waals surface area contributed by atoms with Crippen molar-refractivity contribution in [3.8, 4) is 0 Å². The number of carbonyl (C=O) groups is 2. The molecule has 0 aliphatic rings. The molecular weight excluding hydrogens is 268 g/mol. The normalized spacial score (nSPS) is 10.1. The van der Waals surface area contributed by atoms with Gasteiger partial charge >= 0.3 is 0 Å². The van der Waals surface area contributed by atoms with Crippen molar-refractivity contribution in [1.29, 1.82) is 0 Å². The molecule has 0 atom stereocenters. The Morgan fingerprint density at radius 2 is 2.21 bits per heavy atom. The topological polar surface area (TPSA) is 118 Å². The van der Waals surface area contributed by atoms with Crippen LogP contribution in [0.25, 0.3) is 0 Å². The number of aromatic amines is 1. The summed E-state index contributed by atoms with van der Waals surface area (Å²) in [6.07, 6.45) is 1.35. The summed E-state index contributed by atoms with van der Waals surface area (Å²) in [5.41, 5.74) is 5.58. The predicted octanol–water partition coefficient (Wildman–Crippen LogP) is 0.111. The van der Waals surface area contributed by atoms with Crippen LogP contribution >= 0.6 is 11.3 Å². The van der Waals surface area contributed by atoms with Crippen LogP contribution in [0.1, 0.15) is 16.1 Å². The summed E-state index contributed by atoms with van der Waals surface area (Å²) in [7, 11) is 0. The van der Waals surface area contributed by atoms with E-state index in [9.17, 15) is 14.4 Å². The highest BCUT2D eigenvalue weighted by atomic mass is 32.1. The van der Waals surface area contributed by atoms with Crippen LogP contribution < -0.4 is 16.6 Å². The maximum absolute atomic E-state index is 11.8. The van der Waals surface area contributed by atoms with Gasteiger partial charge in [0.1, 0.15) is 0 Å². The Morgan fingerprint density at radius 1 is 1.42 bits per heavy atom. The molecule has 0 saturated carbocycles. The third-order valence-corrected chi connectivity index (χ3v) is 2.98. The Hall–Kier alpha value is -2.48. The van der Waals surface area contributed by atoms with E-state index in [0.717, 1.165) is 0 Å². The molecule has 0 fully saturated rings. The zero-order valence-corrected chi connectivity index (χ0v) is 10.5. The number of thiazole rings is 1. The fourth-order valence-electron chi connectivity index (χ4n) is 1.35. The van der Waals surface area contributed by atoms with E-state index in [1.54, 1.807) is 5.38 Å². The molecule has 0 aromatic carbocycles. The molecule has 7 nitrogen and oxygen atoms in total. The van der Waals surface area contributed by atoms with E-state index in [2.05, 4.69) is 15.3 Å². The van der Waals surface area contributed by atoms with Crippen LogP contribution in [0.3, 0.4) is 0 Å². The van der Waals surface area contributed by atoms with Crippen LogP contribution in [0.2, 0.25) is 0 Å². The number of hydrogen-bond acceptors (Lipinski definition) is 5. The number of anilines is 1. The van der Waals surface area contributed by atoms with E-state index < -0.39 is 11.8 Å². The molecule has 2 aromatic heterocycles. The van der Waals surface area contributed by atoms with Gasteiger partial charge in [-0.25, -0.2) is 4.98 Å². The summed E-state index contributed by atoms with van der Waals surface area (Å²) in [6.45, 7) is 0. The summed E-state index contributed by atoms with van der Waals surface area (Å²) in [5.74, 6) is -0.875. The van der Waals surface area contributed by atoms with Gasteiger partial charge in [-0.2, -0.15) is 0 Å². The predicted molar refractivity (Wildman–Crippen MR) is 70.0 cm³/mol. The molecule has 4 N–H and O–H groups in total. The lowest BCUT2D eigenvalue weighted by atomic mass is 10.3. The number of pyridine rings is 1. The molecule has 0 radical (unpaired) electrons. The minimum Gasteiger partial charge on any atom is -0.369 e. The lowest BCUT2D eigenvalue weighted by molar-refractivity contribution is -0.117. The molecule has 8 heteroatoms. The second-order valence-corrected chi connectivity index (χ2v) is 4.54. The number of hydrogen-bond donors (Lipinski definition) is 3. The first kappa shape index (κ1) is 13.0. The standard InChI is InChI=1S/C11H10N4O3S/c12-8(16)3-7-5-19-11(14-7)15-10(18)6-1-2-9(17)13-4-6/h1-2,4-5H,3H2,(H2,12,16)(H,13,17)(H,14,15,18). The lowest BCUT2D eigenvalue weighted by Gasteiger charge is -2.00. The van der Waals surface area contributed by atoms with Gasteiger partial charge < -0.3 is 10.7 Å². The molecule has 0 aliphatic carbocycles. The smallest absolute Gasteiger partial charge is 0.258 e. The number of H-pyrrole nitrogens is 1. The summed E-state index contributed by atoms with van der Waals surface area (Å²) >= 11 is 1.19. The minimum atomic E-state index is -0.483. The van der Waals surface area contributed by atoms with E-state index >= 15 is 0 Å². The highest BCUT2D eigenvalue weighted by molar-refractivity contribution is 7.14. The quantitative estimate of drug-likeness (QED) is 0.735. The van der Waals surface area contributed by atoms with Gasteiger partial charge in [-0.3, -0.25) is 19.7 Å². The first-order valence-corrected chi connectivity index (χ1v) is 6.15. The third-order valence-electron chi connectivity index (χ3n) is 2.17. The fourth-order valence-corrected chi connectivity index (χ4v) is 2.05. The van der Waals surface area contributed by atoms with Gasteiger partial charge in [-0.05, 0) is 6.07 Å². The maximum Gasteiger partial charge on any atom is 0.258 e. The Labute approximate surface area is 111 Å². The largest absolute Gasteiger partial charge is 0.369 e. The molecule has 0 saturated heterocycles. The Kier molecular flexibility index (Phi) is 3.71. The zero-order chi connectivity index (χ0) is 13.8. The Morgan fingerprint density at radius 3 is 2.84 bits per heavy atom. The van der Waals surface area contributed by atoms with Crippen LogP contribution in [0, 0.1) is 0 Å². The SMILES string of the molecule is NC(=O)Cc1csc(NC(=O)c2ccc(=O)[nH]c2)n1. The number of nitrogens with two attached hydrogens (primary N) is 1. The van der Waals surface area contributed by atoms with Gasteiger partial charge in [0.15, 0.2) is 5.13 Å². The molecule has 0 aliphatic heterocycles. The molecule has 19 heavy (non-hydrogen) atoms. The first-order chi connectivity index (χ1) is 9.04. The zero-order valence-electron chi connectivity index (χ0n) is 9.67. The molecular formula is C11H10N4O3S.